The van der Waals surface area contributed by atoms with E-state index in [1.165, 1.54) is 9.80 Å². The van der Waals surface area contributed by atoms with Gasteiger partial charge in [-0.25, -0.2) is 8.78 Å². The monoisotopic (exact) mass is 587 g/mol. The molecule has 224 valence electrons. The van der Waals surface area contributed by atoms with E-state index in [9.17, 15) is 38.6 Å². The van der Waals surface area contributed by atoms with Crippen LogP contribution in [0.1, 0.15) is 40.7 Å². The van der Waals surface area contributed by atoms with Crippen molar-refractivity contribution < 1.29 is 43.0 Å². The molecular formula is C28H31F2N5O7. The third-order valence-corrected chi connectivity index (χ3v) is 9.79. The van der Waals surface area contributed by atoms with E-state index >= 15 is 4.39 Å². The first kappa shape index (κ1) is 28.5. The number of Topliss-reactive ketones (excluding diaryl/α,β-unsaturated/α-hetero) is 3. The molecule has 8 unspecified atom stereocenters. The Bertz CT molecular complexity index is 1500. The summed E-state index contributed by atoms with van der Waals surface area (Å²) in [5, 5.41) is 34.0. The number of benzene rings is 1. The van der Waals surface area contributed by atoms with Gasteiger partial charge in [0.2, 0.25) is 11.8 Å². The molecule has 12 nitrogen and oxygen atoms in total. The van der Waals surface area contributed by atoms with Crippen LogP contribution >= 0.6 is 0 Å². The summed E-state index contributed by atoms with van der Waals surface area (Å²) in [4.78, 5) is 69.7. The number of anilines is 1. The van der Waals surface area contributed by atoms with E-state index in [4.69, 9.17) is 11.1 Å². The molecule has 1 saturated heterocycles. The van der Waals surface area contributed by atoms with Crippen molar-refractivity contribution in [2.45, 2.75) is 56.1 Å². The summed E-state index contributed by atoms with van der Waals surface area (Å²) in [5.74, 6) is -11.6. The Morgan fingerprint density at radius 1 is 1.17 bits per heavy atom. The first-order valence-corrected chi connectivity index (χ1v) is 13.8. The molecule has 6 N–H and O–H groups in total. The number of halogens is 2. The van der Waals surface area contributed by atoms with Crippen molar-refractivity contribution in [2.24, 2.45) is 29.4 Å². The predicted molar refractivity (Wildman–Crippen MR) is 141 cm³/mol. The number of nitrogens with zero attached hydrogens (tertiary/aromatic N) is 2. The minimum absolute atomic E-state index is 0.0109. The lowest BCUT2D eigenvalue weighted by Gasteiger charge is -2.36. The van der Waals surface area contributed by atoms with Gasteiger partial charge in [0.25, 0.3) is 0 Å². The standard InChI is InChI=1S/C28H31F2N5O7/c1-34(2)20-10-3-9-4-12-16(21(36)15(9)25(39)28(42,6-10)24(31)17(23(20)38)26(32)40)22(37)19-13(18(12)30)8-35-7-11(29)5-14(35)27(41)33-19/h9-11,14-15,17,20,31,37,42H,3-8H2,1-2H3,(H2,32,40)(H,33,41). The van der Waals surface area contributed by atoms with Gasteiger partial charge in [0, 0.05) is 30.6 Å². The molecular weight excluding hydrogens is 556 g/mol. The van der Waals surface area contributed by atoms with Gasteiger partial charge in [-0.1, -0.05) is 0 Å². The second-order valence-electron chi connectivity index (χ2n) is 12.4. The maximum absolute atomic E-state index is 16.3. The largest absolute Gasteiger partial charge is 0.505 e. The van der Waals surface area contributed by atoms with Gasteiger partial charge in [0.1, 0.15) is 17.9 Å². The van der Waals surface area contributed by atoms with E-state index in [2.05, 4.69) is 5.32 Å². The second kappa shape index (κ2) is 9.44. The first-order valence-electron chi connectivity index (χ1n) is 13.8. The molecule has 0 radical (unpaired) electrons. The van der Waals surface area contributed by atoms with Crippen molar-refractivity contribution in [3.8, 4) is 5.75 Å². The smallest absolute Gasteiger partial charge is 0.241 e. The minimum Gasteiger partial charge on any atom is -0.505 e. The number of hydrogen-bond donors (Lipinski definition) is 5. The van der Waals surface area contributed by atoms with Crippen LogP contribution in [0.15, 0.2) is 0 Å². The summed E-state index contributed by atoms with van der Waals surface area (Å²) in [5.41, 5.74) is 0.742. The number of ketones is 3. The molecule has 2 aliphatic heterocycles. The summed E-state index contributed by atoms with van der Waals surface area (Å²) >= 11 is 0. The van der Waals surface area contributed by atoms with E-state index < -0.39 is 106 Å². The summed E-state index contributed by atoms with van der Waals surface area (Å²) in [6.07, 6.45) is -2.06. The number of aromatic hydroxyl groups is 1. The van der Waals surface area contributed by atoms with Crippen LogP contribution in [-0.4, -0.2) is 99.4 Å². The van der Waals surface area contributed by atoms with E-state index in [1.54, 1.807) is 14.1 Å². The van der Waals surface area contributed by atoms with Gasteiger partial charge in [0.15, 0.2) is 28.7 Å². The van der Waals surface area contributed by atoms with Crippen LogP contribution in [0.3, 0.4) is 0 Å². The molecule has 8 atom stereocenters. The zero-order chi connectivity index (χ0) is 30.6. The Morgan fingerprint density at radius 2 is 1.86 bits per heavy atom. The fourth-order valence-corrected chi connectivity index (χ4v) is 8.00. The Hall–Kier alpha value is -3.62. The molecule has 2 saturated carbocycles. The Morgan fingerprint density at radius 3 is 2.50 bits per heavy atom. The van der Waals surface area contributed by atoms with Crippen LogP contribution in [0, 0.1) is 34.9 Å². The van der Waals surface area contributed by atoms with Crippen molar-refractivity contribution in [1.82, 2.24) is 9.80 Å². The van der Waals surface area contributed by atoms with Crippen molar-refractivity contribution in [3.05, 3.63) is 22.5 Å². The third kappa shape index (κ3) is 3.81. The number of carbonyl (C=O) groups is 5. The Balaban J connectivity index is 1.49. The highest BCUT2D eigenvalue weighted by Gasteiger charge is 2.62. The minimum atomic E-state index is -2.68. The number of fused-ring (bicyclic) bond motifs is 6. The van der Waals surface area contributed by atoms with Crippen LogP contribution in [0.25, 0.3) is 0 Å². The lowest BCUT2D eigenvalue weighted by atomic mass is 9.67. The number of likely N-dealkylation sites (N-methyl/N-ethyl adjacent to an activating group) is 1. The number of phenols is 1. The first-order chi connectivity index (χ1) is 19.7. The fraction of sp³-hybridized carbons (Fsp3) is 0.571. The number of aliphatic hydroxyl groups is 1. The van der Waals surface area contributed by atoms with Gasteiger partial charge in [0.05, 0.1) is 35.0 Å². The normalized spacial score (nSPS) is 36.3. The van der Waals surface area contributed by atoms with Crippen LogP contribution in [-0.2, 0) is 32.1 Å². The molecule has 1 aromatic carbocycles. The lowest BCUT2D eigenvalue weighted by Crippen LogP contribution is -2.57. The van der Waals surface area contributed by atoms with E-state index in [0.717, 1.165) is 0 Å². The van der Waals surface area contributed by atoms with Crippen LogP contribution in [0.2, 0.25) is 0 Å². The molecule has 3 fully saturated rings. The second-order valence-corrected chi connectivity index (χ2v) is 12.4. The topological polar surface area (TPSA) is 194 Å². The number of carbonyl (C=O) groups excluding carboxylic acids is 5. The molecule has 2 heterocycles. The zero-order valence-electron chi connectivity index (χ0n) is 22.9. The van der Waals surface area contributed by atoms with Crippen LogP contribution in [0.4, 0.5) is 14.5 Å². The molecule has 14 heteroatoms. The molecule has 0 aromatic heterocycles. The molecule has 2 amide bonds. The highest BCUT2D eigenvalue weighted by molar-refractivity contribution is 6.31. The molecule has 6 rings (SSSR count). The number of rotatable bonds is 2. The fourth-order valence-electron chi connectivity index (χ4n) is 8.00. The Kier molecular flexibility index (Phi) is 6.41. The average molecular weight is 588 g/mol. The average Bonchev–Trinajstić information content (AvgIpc) is 3.10. The Labute approximate surface area is 238 Å². The summed E-state index contributed by atoms with van der Waals surface area (Å²) < 4.78 is 30.4. The van der Waals surface area contributed by atoms with Gasteiger partial charge in [-0.3, -0.25) is 33.8 Å². The SMILES string of the molecule is CN(C)C1C(=O)C(C(N)=O)C(=N)C2(O)CC1CC1Cc3c(F)c4c(c(O)c3C(=O)C1C2=O)NC(=O)C1CC(F)CN1C4. The van der Waals surface area contributed by atoms with Gasteiger partial charge >= 0.3 is 0 Å². The zero-order valence-corrected chi connectivity index (χ0v) is 22.9. The molecule has 2 bridgehead atoms. The molecule has 3 aliphatic carbocycles. The highest BCUT2D eigenvalue weighted by Crippen LogP contribution is 2.51. The van der Waals surface area contributed by atoms with Gasteiger partial charge in [-0.05, 0) is 45.2 Å². The van der Waals surface area contributed by atoms with Gasteiger partial charge < -0.3 is 26.7 Å². The maximum Gasteiger partial charge on any atom is 0.241 e. The highest BCUT2D eigenvalue weighted by atomic mass is 19.1. The number of nitrogens with one attached hydrogen (secondary N) is 2. The number of primary amides is 1. The van der Waals surface area contributed by atoms with Crippen molar-refractivity contribution >= 4 is 40.6 Å². The summed E-state index contributed by atoms with van der Waals surface area (Å²) in [7, 11) is 3.13. The van der Waals surface area contributed by atoms with Gasteiger partial charge in [-0.2, -0.15) is 0 Å². The number of amides is 2. The van der Waals surface area contributed by atoms with E-state index in [-0.39, 0.29) is 49.2 Å². The molecule has 5 aliphatic rings. The number of phenolic OH excluding ortho intramolecular Hbond substituents is 1. The molecule has 1 aromatic rings. The van der Waals surface area contributed by atoms with E-state index in [0.29, 0.717) is 0 Å². The summed E-state index contributed by atoms with van der Waals surface area (Å²) in [6, 6.07) is -1.94. The van der Waals surface area contributed by atoms with Crippen molar-refractivity contribution in [1.29, 1.82) is 5.41 Å². The van der Waals surface area contributed by atoms with Gasteiger partial charge in [-0.15, -0.1) is 0 Å². The number of alkyl halides is 1. The maximum atomic E-state index is 16.3. The number of nitrogens with two attached hydrogens (primary N) is 1. The van der Waals surface area contributed by atoms with Crippen molar-refractivity contribution in [2.75, 3.05) is 26.0 Å². The quantitative estimate of drug-likeness (QED) is 0.228. The van der Waals surface area contributed by atoms with Crippen LogP contribution < -0.4 is 11.1 Å². The van der Waals surface area contributed by atoms with Crippen LogP contribution in [0.5, 0.6) is 5.75 Å². The lowest BCUT2D eigenvalue weighted by molar-refractivity contribution is -0.135. The number of hydrogen-bond acceptors (Lipinski definition) is 10. The van der Waals surface area contributed by atoms with Crippen molar-refractivity contribution in [3.63, 3.8) is 0 Å². The summed E-state index contributed by atoms with van der Waals surface area (Å²) in [6.45, 7) is -0.302. The molecule has 0 spiro atoms. The third-order valence-electron chi connectivity index (χ3n) is 9.79. The van der Waals surface area contributed by atoms with E-state index in [1.807, 2.05) is 0 Å². The predicted octanol–water partition coefficient (Wildman–Crippen LogP) is -0.289. The molecule has 42 heavy (non-hydrogen) atoms.